The summed E-state index contributed by atoms with van der Waals surface area (Å²) in [5.74, 6) is 1.28. The Morgan fingerprint density at radius 2 is 1.69 bits per heavy atom. The number of alkyl halides is 3. The second-order valence-corrected chi connectivity index (χ2v) is 10.6. The molecule has 0 N–H and O–H groups in total. The zero-order chi connectivity index (χ0) is 23.7. The summed E-state index contributed by atoms with van der Waals surface area (Å²) in [6.07, 6.45) is 2.64. The molecule has 1 aliphatic rings. The number of hydrogen-bond donors (Lipinski definition) is 0. The Morgan fingerprint density at radius 1 is 1.09 bits per heavy atom. The van der Waals surface area contributed by atoms with Crippen LogP contribution in [0, 0.1) is 11.6 Å². The molecule has 0 atom stereocenters. The maximum absolute atomic E-state index is 15.0. The SMILES string of the molecule is CCCc1ccc2c(oc3c(F)c(C4=[S+]CCCS4)ccc32)c1F.O=S(=O)([O-])C(F)(F)F. The minimum atomic E-state index is -6.09. The molecule has 0 saturated carbocycles. The molecular formula is C20H17F5O4S3. The third-order valence-corrected chi connectivity index (χ3v) is 7.77. The van der Waals surface area contributed by atoms with Gasteiger partial charge in [0.05, 0.1) is 5.56 Å². The number of aryl methyl sites for hydroxylation is 1. The molecule has 3 aromatic rings. The van der Waals surface area contributed by atoms with Crippen LogP contribution in [0.5, 0.6) is 0 Å². The zero-order valence-electron chi connectivity index (χ0n) is 16.6. The number of hydrogen-bond acceptors (Lipinski definition) is 5. The molecule has 1 aromatic heterocycles. The first-order valence-electron chi connectivity index (χ1n) is 9.42. The topological polar surface area (TPSA) is 70.3 Å². The van der Waals surface area contributed by atoms with Gasteiger partial charge in [0.15, 0.2) is 50.0 Å². The molecule has 0 radical (unpaired) electrons. The van der Waals surface area contributed by atoms with Crippen LogP contribution in [0.25, 0.3) is 21.9 Å². The van der Waals surface area contributed by atoms with E-state index in [1.165, 1.54) is 0 Å². The first-order valence-corrected chi connectivity index (χ1v) is 12.8. The average molecular weight is 513 g/mol. The van der Waals surface area contributed by atoms with E-state index < -0.39 is 15.6 Å². The Morgan fingerprint density at radius 3 is 2.22 bits per heavy atom. The first kappa shape index (κ1) is 24.9. The van der Waals surface area contributed by atoms with Gasteiger partial charge in [-0.3, -0.25) is 0 Å². The van der Waals surface area contributed by atoms with Crippen LogP contribution in [-0.2, 0) is 27.9 Å². The Hall–Kier alpha value is -1.76. The smallest absolute Gasteiger partial charge is 0.485 e. The van der Waals surface area contributed by atoms with Crippen molar-refractivity contribution in [1.29, 1.82) is 0 Å². The summed E-state index contributed by atoms with van der Waals surface area (Å²) in [6.45, 7) is 2.00. The minimum absolute atomic E-state index is 0.161. The monoisotopic (exact) mass is 512 g/mol. The third-order valence-electron chi connectivity index (χ3n) is 4.55. The highest BCUT2D eigenvalue weighted by Crippen LogP contribution is 2.35. The molecule has 4 rings (SSSR count). The quantitative estimate of drug-likeness (QED) is 0.151. The molecule has 2 heterocycles. The molecule has 0 saturated heterocycles. The van der Waals surface area contributed by atoms with Crippen LogP contribution in [0.4, 0.5) is 22.0 Å². The van der Waals surface area contributed by atoms with Gasteiger partial charge in [-0.2, -0.15) is 13.2 Å². The van der Waals surface area contributed by atoms with E-state index in [9.17, 15) is 17.6 Å². The van der Waals surface area contributed by atoms with E-state index >= 15 is 4.39 Å². The lowest BCUT2D eigenvalue weighted by Crippen LogP contribution is -2.21. The molecule has 1 aliphatic heterocycles. The van der Waals surface area contributed by atoms with Crippen molar-refractivity contribution in [3.8, 4) is 0 Å². The predicted octanol–water partition coefficient (Wildman–Crippen LogP) is 5.57. The van der Waals surface area contributed by atoms with E-state index in [2.05, 4.69) is 0 Å². The molecule has 0 bridgehead atoms. The van der Waals surface area contributed by atoms with Gasteiger partial charge in [-0.25, -0.2) is 17.2 Å². The van der Waals surface area contributed by atoms with Gasteiger partial charge in [0.25, 0.3) is 4.20 Å². The van der Waals surface area contributed by atoms with Crippen LogP contribution < -0.4 is 0 Å². The van der Waals surface area contributed by atoms with E-state index in [1.807, 2.05) is 19.1 Å². The lowest BCUT2D eigenvalue weighted by atomic mass is 10.1. The Kier molecular flexibility index (Phi) is 7.48. The van der Waals surface area contributed by atoms with E-state index in [-0.39, 0.29) is 22.8 Å². The predicted molar refractivity (Wildman–Crippen MR) is 117 cm³/mol. The van der Waals surface area contributed by atoms with E-state index in [1.54, 1.807) is 35.2 Å². The van der Waals surface area contributed by atoms with Gasteiger partial charge in [0, 0.05) is 22.9 Å². The maximum Gasteiger partial charge on any atom is 0.485 e. The van der Waals surface area contributed by atoms with Crippen LogP contribution in [0.2, 0.25) is 0 Å². The van der Waals surface area contributed by atoms with Gasteiger partial charge < -0.3 is 8.97 Å². The van der Waals surface area contributed by atoms with Crippen LogP contribution in [0.3, 0.4) is 0 Å². The Labute approximate surface area is 188 Å². The van der Waals surface area contributed by atoms with E-state index in [0.717, 1.165) is 28.5 Å². The number of fused-ring (bicyclic) bond motifs is 3. The van der Waals surface area contributed by atoms with E-state index in [0.29, 0.717) is 28.3 Å². The van der Waals surface area contributed by atoms with Crippen molar-refractivity contribution in [2.45, 2.75) is 31.7 Å². The second kappa shape index (κ2) is 9.62. The summed E-state index contributed by atoms with van der Waals surface area (Å²) in [4.78, 5) is 0. The molecular weight excluding hydrogens is 495 g/mol. The highest BCUT2D eigenvalue weighted by molar-refractivity contribution is 8.23. The standard InChI is InChI=1S/C19H17F2OS2.CHF3O3S/c1-2-4-11-5-6-12-13-7-8-14(19-23-9-3-10-24-19)16(21)18(13)22-17(12)15(11)20;2-1(3,4)8(5,6)7/h5-8H,2-4,9-10H2,1H3;(H,5,6,7)/q+1;/p-1. The summed E-state index contributed by atoms with van der Waals surface area (Å²) >= 11 is 3.36. The lowest BCUT2D eigenvalue weighted by Gasteiger charge is -2.08. The third kappa shape index (κ3) is 5.08. The second-order valence-electron chi connectivity index (χ2n) is 6.81. The number of halogens is 5. The molecule has 0 fully saturated rings. The highest BCUT2D eigenvalue weighted by Gasteiger charge is 2.37. The van der Waals surface area contributed by atoms with Crippen molar-refractivity contribution in [3.63, 3.8) is 0 Å². The molecule has 12 heteroatoms. The van der Waals surface area contributed by atoms with Gasteiger partial charge >= 0.3 is 5.51 Å². The van der Waals surface area contributed by atoms with Gasteiger partial charge in [-0.1, -0.05) is 31.2 Å². The molecule has 2 aromatic carbocycles. The van der Waals surface area contributed by atoms with Gasteiger partial charge in [0.1, 0.15) is 0 Å². The van der Waals surface area contributed by atoms with Crippen molar-refractivity contribution >= 4 is 59.4 Å². The van der Waals surface area contributed by atoms with E-state index in [4.69, 9.17) is 17.4 Å². The highest BCUT2D eigenvalue weighted by atomic mass is 32.2. The summed E-state index contributed by atoms with van der Waals surface area (Å²) in [5.41, 5.74) is -4.12. The molecule has 4 nitrogen and oxygen atoms in total. The molecule has 0 spiro atoms. The molecule has 32 heavy (non-hydrogen) atoms. The Balaban J connectivity index is 0.000000312. The average Bonchev–Trinajstić information content (AvgIpc) is 3.11. The maximum atomic E-state index is 15.0. The summed E-state index contributed by atoms with van der Waals surface area (Å²) in [5, 5.41) is 1.28. The Bertz CT molecular complexity index is 1280. The van der Waals surface area contributed by atoms with Crippen LogP contribution in [0.1, 0.15) is 30.9 Å². The minimum Gasteiger partial charge on any atom is -0.741 e. The normalized spacial score (nSPS) is 14.9. The van der Waals surface area contributed by atoms with Crippen molar-refractivity contribution in [3.05, 3.63) is 47.0 Å². The van der Waals surface area contributed by atoms with Gasteiger partial charge in [0.2, 0.25) is 0 Å². The molecule has 0 unspecified atom stereocenters. The van der Waals surface area contributed by atoms with Gasteiger partial charge in [-0.05, 0) is 30.2 Å². The summed E-state index contributed by atoms with van der Waals surface area (Å²) < 4.78 is 95.2. The van der Waals surface area contributed by atoms with Crippen molar-refractivity contribution in [2.24, 2.45) is 0 Å². The first-order chi connectivity index (χ1) is 15.0. The number of rotatable bonds is 3. The van der Waals surface area contributed by atoms with Crippen molar-refractivity contribution in [2.75, 3.05) is 11.5 Å². The fourth-order valence-electron chi connectivity index (χ4n) is 3.08. The van der Waals surface area contributed by atoms with Gasteiger partial charge in [-0.15, -0.1) is 0 Å². The lowest BCUT2D eigenvalue weighted by molar-refractivity contribution is -0.0517. The van der Waals surface area contributed by atoms with Crippen LogP contribution in [-0.4, -0.2) is 34.2 Å². The fraction of sp³-hybridized carbons (Fsp3) is 0.350. The summed E-state index contributed by atoms with van der Waals surface area (Å²) in [7, 11) is -6.09. The number of furan rings is 1. The number of thioether (sulfide) groups is 1. The molecule has 174 valence electrons. The summed E-state index contributed by atoms with van der Waals surface area (Å²) in [6, 6.07) is 7.27. The molecule has 0 aliphatic carbocycles. The zero-order valence-corrected chi connectivity index (χ0v) is 19.0. The van der Waals surface area contributed by atoms with Crippen LogP contribution >= 0.6 is 11.8 Å². The molecule has 0 amide bonds. The van der Waals surface area contributed by atoms with Crippen molar-refractivity contribution < 1.29 is 39.3 Å². The number of benzene rings is 2. The van der Waals surface area contributed by atoms with Crippen LogP contribution in [0.15, 0.2) is 28.7 Å². The fourth-order valence-corrected chi connectivity index (χ4v) is 5.68. The van der Waals surface area contributed by atoms with Crippen molar-refractivity contribution in [1.82, 2.24) is 0 Å². The largest absolute Gasteiger partial charge is 0.741 e.